The maximum absolute atomic E-state index is 11.9. The Labute approximate surface area is 114 Å². The average molecular weight is 266 g/mol. The fourth-order valence-corrected chi connectivity index (χ4v) is 2.39. The van der Waals surface area contributed by atoms with E-state index >= 15 is 0 Å². The van der Waals surface area contributed by atoms with Gasteiger partial charge in [0.1, 0.15) is 0 Å². The Hall–Kier alpha value is -1.00. The molecule has 0 bridgehead atoms. The Kier molecular flexibility index (Phi) is 6.83. The smallest absolute Gasteiger partial charge is 0.241 e. The number of nitrogens with two attached hydrogens (primary N) is 1. The second-order valence-electron chi connectivity index (χ2n) is 4.17. The van der Waals surface area contributed by atoms with Crippen LogP contribution in [0.25, 0.3) is 0 Å². The number of carbonyl (C=O) groups is 1. The molecule has 1 aromatic carbocycles. The van der Waals surface area contributed by atoms with Crippen molar-refractivity contribution in [1.29, 1.82) is 0 Å². The maximum atomic E-state index is 11.9. The minimum Gasteiger partial charge on any atom is -0.324 e. The van der Waals surface area contributed by atoms with Crippen LogP contribution in [0.3, 0.4) is 0 Å². The molecule has 0 spiro atoms. The Balaban J connectivity index is 2.63. The Morgan fingerprint density at radius 3 is 2.78 bits per heavy atom. The summed E-state index contributed by atoms with van der Waals surface area (Å²) in [5.41, 5.74) is 6.72. The molecule has 0 saturated heterocycles. The van der Waals surface area contributed by atoms with Gasteiger partial charge < -0.3 is 11.1 Å². The highest BCUT2D eigenvalue weighted by Crippen LogP contribution is 2.26. The van der Waals surface area contributed by atoms with E-state index in [1.54, 1.807) is 11.8 Å². The topological polar surface area (TPSA) is 55.1 Å². The third kappa shape index (κ3) is 4.70. The SMILES string of the molecule is CCCC[C@H](N)C(=O)Nc1ccccc1SCC. The summed E-state index contributed by atoms with van der Waals surface area (Å²) in [4.78, 5) is 13.0. The molecule has 0 aliphatic rings. The maximum Gasteiger partial charge on any atom is 0.241 e. The van der Waals surface area contributed by atoms with E-state index in [0.29, 0.717) is 0 Å². The van der Waals surface area contributed by atoms with Gasteiger partial charge in [-0.15, -0.1) is 11.8 Å². The molecule has 0 unspecified atom stereocenters. The molecule has 0 aromatic heterocycles. The van der Waals surface area contributed by atoms with Crippen LogP contribution in [0.2, 0.25) is 0 Å². The van der Waals surface area contributed by atoms with E-state index in [2.05, 4.69) is 19.2 Å². The molecule has 0 radical (unpaired) electrons. The average Bonchev–Trinajstić information content (AvgIpc) is 2.38. The minimum atomic E-state index is -0.412. The second-order valence-corrected chi connectivity index (χ2v) is 5.47. The van der Waals surface area contributed by atoms with Gasteiger partial charge in [-0.05, 0) is 24.3 Å². The van der Waals surface area contributed by atoms with Crippen molar-refractivity contribution < 1.29 is 4.79 Å². The van der Waals surface area contributed by atoms with Crippen LogP contribution < -0.4 is 11.1 Å². The van der Waals surface area contributed by atoms with Gasteiger partial charge >= 0.3 is 0 Å². The lowest BCUT2D eigenvalue weighted by atomic mass is 10.1. The van der Waals surface area contributed by atoms with Crippen molar-refractivity contribution >= 4 is 23.4 Å². The highest BCUT2D eigenvalue weighted by molar-refractivity contribution is 7.99. The van der Waals surface area contributed by atoms with Crippen LogP contribution in [0.4, 0.5) is 5.69 Å². The molecule has 3 nitrogen and oxygen atoms in total. The molecule has 0 saturated carbocycles. The zero-order valence-corrected chi connectivity index (χ0v) is 11.9. The summed E-state index contributed by atoms with van der Waals surface area (Å²) in [5, 5.41) is 2.92. The zero-order chi connectivity index (χ0) is 13.4. The van der Waals surface area contributed by atoms with Gasteiger partial charge in [-0.2, -0.15) is 0 Å². The van der Waals surface area contributed by atoms with Gasteiger partial charge in [-0.3, -0.25) is 4.79 Å². The van der Waals surface area contributed by atoms with Crippen LogP contribution in [0, 0.1) is 0 Å². The summed E-state index contributed by atoms with van der Waals surface area (Å²) >= 11 is 1.72. The summed E-state index contributed by atoms with van der Waals surface area (Å²) in [7, 11) is 0. The molecular formula is C14H22N2OS. The first-order chi connectivity index (χ1) is 8.69. The first-order valence-corrected chi connectivity index (χ1v) is 7.45. The van der Waals surface area contributed by atoms with Crippen molar-refractivity contribution in [3.63, 3.8) is 0 Å². The molecule has 1 atom stereocenters. The van der Waals surface area contributed by atoms with Crippen molar-refractivity contribution in [2.24, 2.45) is 5.73 Å². The van der Waals surface area contributed by atoms with Crippen LogP contribution in [0.1, 0.15) is 33.1 Å². The highest BCUT2D eigenvalue weighted by atomic mass is 32.2. The van der Waals surface area contributed by atoms with E-state index in [0.717, 1.165) is 35.6 Å². The molecule has 18 heavy (non-hydrogen) atoms. The summed E-state index contributed by atoms with van der Waals surface area (Å²) in [5.74, 6) is 0.891. The van der Waals surface area contributed by atoms with E-state index in [-0.39, 0.29) is 5.91 Å². The van der Waals surface area contributed by atoms with E-state index in [9.17, 15) is 4.79 Å². The van der Waals surface area contributed by atoms with E-state index in [1.807, 2.05) is 24.3 Å². The summed E-state index contributed by atoms with van der Waals surface area (Å²) < 4.78 is 0. The number of unbranched alkanes of at least 4 members (excludes halogenated alkanes) is 1. The second kappa shape index (κ2) is 8.16. The van der Waals surface area contributed by atoms with Crippen LogP contribution in [0.5, 0.6) is 0 Å². The molecule has 1 amide bonds. The van der Waals surface area contributed by atoms with Gasteiger partial charge in [0, 0.05) is 4.90 Å². The fourth-order valence-electron chi connectivity index (χ4n) is 1.63. The quantitative estimate of drug-likeness (QED) is 0.745. The molecule has 0 aliphatic heterocycles. The van der Waals surface area contributed by atoms with Crippen molar-refractivity contribution in [2.75, 3.05) is 11.1 Å². The van der Waals surface area contributed by atoms with Crippen LogP contribution in [0.15, 0.2) is 29.2 Å². The van der Waals surface area contributed by atoms with Crippen molar-refractivity contribution in [3.8, 4) is 0 Å². The third-order valence-electron chi connectivity index (χ3n) is 2.65. The lowest BCUT2D eigenvalue weighted by Gasteiger charge is -2.14. The van der Waals surface area contributed by atoms with Crippen LogP contribution in [-0.2, 0) is 4.79 Å². The molecule has 100 valence electrons. The normalized spacial score (nSPS) is 12.2. The van der Waals surface area contributed by atoms with E-state index in [4.69, 9.17) is 5.73 Å². The van der Waals surface area contributed by atoms with Gasteiger partial charge in [0.05, 0.1) is 11.7 Å². The van der Waals surface area contributed by atoms with Crippen molar-refractivity contribution in [1.82, 2.24) is 0 Å². The number of benzene rings is 1. The molecule has 0 aliphatic carbocycles. The first-order valence-electron chi connectivity index (χ1n) is 6.47. The van der Waals surface area contributed by atoms with Gasteiger partial charge in [0.15, 0.2) is 0 Å². The number of hydrogen-bond acceptors (Lipinski definition) is 3. The third-order valence-corrected chi connectivity index (χ3v) is 3.61. The molecule has 3 N–H and O–H groups in total. The summed E-state index contributed by atoms with van der Waals surface area (Å²) in [6.07, 6.45) is 2.79. The van der Waals surface area contributed by atoms with E-state index < -0.39 is 6.04 Å². The number of nitrogens with one attached hydrogen (secondary N) is 1. The Morgan fingerprint density at radius 2 is 2.11 bits per heavy atom. The van der Waals surface area contributed by atoms with Gasteiger partial charge in [0.25, 0.3) is 0 Å². The molecule has 4 heteroatoms. The number of carbonyl (C=O) groups excluding carboxylic acids is 1. The Bertz CT molecular complexity index is 382. The van der Waals surface area contributed by atoms with Gasteiger partial charge in [-0.25, -0.2) is 0 Å². The minimum absolute atomic E-state index is 0.0902. The summed E-state index contributed by atoms with van der Waals surface area (Å²) in [6.45, 7) is 4.19. The number of amides is 1. The van der Waals surface area contributed by atoms with Gasteiger partial charge in [0.2, 0.25) is 5.91 Å². The standard InChI is InChI=1S/C14H22N2OS/c1-3-5-8-11(15)14(17)16-12-9-6-7-10-13(12)18-4-2/h6-7,9-11H,3-5,8,15H2,1-2H3,(H,16,17)/t11-/m0/s1. The fraction of sp³-hybridized carbons (Fsp3) is 0.500. The van der Waals surface area contributed by atoms with Crippen molar-refractivity contribution in [3.05, 3.63) is 24.3 Å². The first kappa shape index (κ1) is 15.1. The molecule has 0 heterocycles. The predicted molar refractivity (Wildman–Crippen MR) is 79.0 cm³/mol. The predicted octanol–water partition coefficient (Wildman–Crippen LogP) is 3.25. The number of rotatable bonds is 7. The monoisotopic (exact) mass is 266 g/mol. The molecule has 1 aromatic rings. The van der Waals surface area contributed by atoms with Crippen molar-refractivity contribution in [2.45, 2.75) is 44.0 Å². The Morgan fingerprint density at radius 1 is 1.39 bits per heavy atom. The largest absolute Gasteiger partial charge is 0.324 e. The van der Waals surface area contributed by atoms with Crippen LogP contribution >= 0.6 is 11.8 Å². The highest BCUT2D eigenvalue weighted by Gasteiger charge is 2.14. The number of anilines is 1. The number of para-hydroxylation sites is 1. The zero-order valence-electron chi connectivity index (χ0n) is 11.1. The van der Waals surface area contributed by atoms with Gasteiger partial charge in [-0.1, -0.05) is 38.8 Å². The number of hydrogen-bond donors (Lipinski definition) is 2. The van der Waals surface area contributed by atoms with Crippen LogP contribution in [-0.4, -0.2) is 17.7 Å². The number of thioether (sulfide) groups is 1. The lowest BCUT2D eigenvalue weighted by Crippen LogP contribution is -2.35. The van der Waals surface area contributed by atoms with E-state index in [1.165, 1.54) is 0 Å². The molecule has 1 rings (SSSR count). The summed E-state index contributed by atoms with van der Waals surface area (Å²) in [6, 6.07) is 7.42. The lowest BCUT2D eigenvalue weighted by molar-refractivity contribution is -0.117. The molecular weight excluding hydrogens is 244 g/mol. The molecule has 0 fully saturated rings.